The van der Waals surface area contributed by atoms with Gasteiger partial charge in [0.2, 0.25) is 0 Å². The van der Waals surface area contributed by atoms with Crippen LogP contribution in [0.15, 0.2) is 36.4 Å². The maximum atomic E-state index is 9.77. The quantitative estimate of drug-likeness (QED) is 0.424. The van der Waals surface area contributed by atoms with E-state index in [1.165, 1.54) is 0 Å². The molecule has 0 amide bonds. The molecule has 4 nitrogen and oxygen atoms in total. The van der Waals surface area contributed by atoms with E-state index < -0.39 is 12.2 Å². The number of methoxy groups -OCH3 is 1. The summed E-state index contributed by atoms with van der Waals surface area (Å²) in [4.78, 5) is 0. The first-order valence-corrected chi connectivity index (χ1v) is 8.89. The molecule has 1 rings (SSSR count). The first kappa shape index (κ1) is 20.7. The van der Waals surface area contributed by atoms with Crippen LogP contribution in [0.5, 0.6) is 5.75 Å². The van der Waals surface area contributed by atoms with Crippen LogP contribution >= 0.6 is 0 Å². The van der Waals surface area contributed by atoms with Gasteiger partial charge in [0.15, 0.2) is 0 Å². The van der Waals surface area contributed by atoms with Crippen molar-refractivity contribution in [3.63, 3.8) is 0 Å². The zero-order valence-corrected chi connectivity index (χ0v) is 15.0. The highest BCUT2D eigenvalue weighted by atomic mass is 16.5. The van der Waals surface area contributed by atoms with Crippen LogP contribution in [0.1, 0.15) is 51.0 Å². The minimum atomic E-state index is -0.544. The minimum Gasteiger partial charge on any atom is -0.497 e. The van der Waals surface area contributed by atoms with Crippen LogP contribution in [-0.2, 0) is 11.3 Å². The lowest BCUT2D eigenvalue weighted by molar-refractivity contribution is 0.0971. The van der Waals surface area contributed by atoms with Crippen LogP contribution in [0.2, 0.25) is 0 Å². The predicted octanol–water partition coefficient (Wildman–Crippen LogP) is 3.85. The second-order valence-electron chi connectivity index (χ2n) is 6.07. The van der Waals surface area contributed by atoms with Crippen LogP contribution in [-0.4, -0.2) is 36.1 Å². The van der Waals surface area contributed by atoms with Crippen molar-refractivity contribution in [2.75, 3.05) is 13.7 Å². The topological polar surface area (TPSA) is 58.9 Å². The molecule has 0 aromatic heterocycles. The summed E-state index contributed by atoms with van der Waals surface area (Å²) >= 11 is 0. The Morgan fingerprint density at radius 1 is 1.12 bits per heavy atom. The third kappa shape index (κ3) is 9.71. The van der Waals surface area contributed by atoms with Crippen LogP contribution in [0.25, 0.3) is 0 Å². The molecular weight excluding hydrogens is 304 g/mol. The van der Waals surface area contributed by atoms with Crippen molar-refractivity contribution in [1.82, 2.24) is 0 Å². The van der Waals surface area contributed by atoms with Crippen LogP contribution < -0.4 is 4.74 Å². The van der Waals surface area contributed by atoms with Gasteiger partial charge in [-0.3, -0.25) is 0 Å². The Bertz CT molecular complexity index is 441. The monoisotopic (exact) mass is 336 g/mol. The van der Waals surface area contributed by atoms with E-state index in [1.807, 2.05) is 37.3 Å². The molecule has 0 fully saturated rings. The number of rotatable bonds is 13. The largest absolute Gasteiger partial charge is 0.497 e. The Balaban J connectivity index is 2.02. The molecule has 2 atom stereocenters. The van der Waals surface area contributed by atoms with E-state index in [0.29, 0.717) is 13.0 Å². The summed E-state index contributed by atoms with van der Waals surface area (Å²) in [5.74, 6) is 0.856. The summed E-state index contributed by atoms with van der Waals surface area (Å²) in [5, 5.41) is 19.4. The average molecular weight is 336 g/mol. The van der Waals surface area contributed by atoms with Gasteiger partial charge in [0, 0.05) is 13.0 Å². The Morgan fingerprint density at radius 2 is 1.88 bits per heavy atom. The number of allylic oxidation sites excluding steroid dienone is 1. The number of unbranched alkanes of at least 4 members (excludes halogenated alkanes) is 2. The molecule has 1 aromatic carbocycles. The number of aliphatic hydroxyl groups is 2. The van der Waals surface area contributed by atoms with Gasteiger partial charge in [-0.15, -0.1) is 0 Å². The normalized spacial score (nSPS) is 14.0. The summed E-state index contributed by atoms with van der Waals surface area (Å²) in [5.41, 5.74) is 1.14. The fourth-order valence-electron chi connectivity index (χ4n) is 2.44. The summed E-state index contributed by atoms with van der Waals surface area (Å²) in [7, 11) is 1.66. The molecule has 0 unspecified atom stereocenters. The van der Waals surface area contributed by atoms with E-state index in [-0.39, 0.29) is 0 Å². The van der Waals surface area contributed by atoms with E-state index in [4.69, 9.17) is 9.47 Å². The molecule has 0 bridgehead atoms. The fourth-order valence-corrected chi connectivity index (χ4v) is 2.44. The molecule has 0 saturated heterocycles. The SMILES string of the molecule is CCC[C@@H](O)C[C@@H](O)/C=C/CCCCOCc1ccc(OC)cc1. The Hall–Kier alpha value is -1.36. The van der Waals surface area contributed by atoms with E-state index >= 15 is 0 Å². The van der Waals surface area contributed by atoms with Crippen molar-refractivity contribution >= 4 is 0 Å². The second-order valence-corrected chi connectivity index (χ2v) is 6.07. The molecule has 0 spiro atoms. The maximum Gasteiger partial charge on any atom is 0.118 e. The zero-order chi connectivity index (χ0) is 17.6. The lowest BCUT2D eigenvalue weighted by atomic mass is 10.1. The third-order valence-corrected chi connectivity index (χ3v) is 3.83. The first-order chi connectivity index (χ1) is 11.7. The van der Waals surface area contributed by atoms with Gasteiger partial charge in [-0.05, 0) is 43.4 Å². The fraction of sp³-hybridized carbons (Fsp3) is 0.600. The molecule has 4 heteroatoms. The van der Waals surface area contributed by atoms with Gasteiger partial charge >= 0.3 is 0 Å². The molecule has 2 N–H and O–H groups in total. The Kier molecular flexibility index (Phi) is 11.2. The van der Waals surface area contributed by atoms with Gasteiger partial charge < -0.3 is 19.7 Å². The number of aliphatic hydroxyl groups excluding tert-OH is 2. The molecule has 0 heterocycles. The minimum absolute atomic E-state index is 0.402. The number of hydrogen-bond donors (Lipinski definition) is 2. The van der Waals surface area contributed by atoms with Crippen LogP contribution in [0, 0.1) is 0 Å². The van der Waals surface area contributed by atoms with Crippen LogP contribution in [0.3, 0.4) is 0 Å². The zero-order valence-electron chi connectivity index (χ0n) is 15.0. The highest BCUT2D eigenvalue weighted by Crippen LogP contribution is 2.12. The number of hydrogen-bond acceptors (Lipinski definition) is 4. The van der Waals surface area contributed by atoms with E-state index in [0.717, 1.165) is 50.0 Å². The highest BCUT2D eigenvalue weighted by molar-refractivity contribution is 5.26. The Labute approximate surface area is 146 Å². The van der Waals surface area contributed by atoms with Gasteiger partial charge in [0.25, 0.3) is 0 Å². The summed E-state index contributed by atoms with van der Waals surface area (Å²) < 4.78 is 10.8. The Morgan fingerprint density at radius 3 is 2.54 bits per heavy atom. The first-order valence-electron chi connectivity index (χ1n) is 8.89. The summed E-state index contributed by atoms with van der Waals surface area (Å²) in [6, 6.07) is 7.89. The third-order valence-electron chi connectivity index (χ3n) is 3.83. The van der Waals surface area contributed by atoms with Gasteiger partial charge in [0.05, 0.1) is 25.9 Å². The van der Waals surface area contributed by atoms with E-state index in [2.05, 4.69) is 0 Å². The van der Waals surface area contributed by atoms with Crippen molar-refractivity contribution < 1.29 is 19.7 Å². The molecule has 0 aliphatic heterocycles. The molecule has 0 aliphatic rings. The molecule has 24 heavy (non-hydrogen) atoms. The van der Waals surface area contributed by atoms with Gasteiger partial charge in [-0.25, -0.2) is 0 Å². The lowest BCUT2D eigenvalue weighted by Crippen LogP contribution is -2.15. The van der Waals surface area contributed by atoms with Crippen molar-refractivity contribution in [3.05, 3.63) is 42.0 Å². The molecule has 0 radical (unpaired) electrons. The van der Waals surface area contributed by atoms with Crippen molar-refractivity contribution in [3.8, 4) is 5.75 Å². The van der Waals surface area contributed by atoms with Gasteiger partial charge in [-0.2, -0.15) is 0 Å². The standard InChI is InChI=1S/C20H32O4/c1-3-8-18(21)15-19(22)9-6-4-5-7-14-24-16-17-10-12-20(23-2)13-11-17/h6,9-13,18-19,21-22H,3-5,7-8,14-16H2,1-2H3/b9-6+/t18-,19+/m1/s1. The lowest BCUT2D eigenvalue weighted by Gasteiger charge is -2.11. The molecule has 0 aliphatic carbocycles. The highest BCUT2D eigenvalue weighted by Gasteiger charge is 2.07. The molecule has 0 saturated carbocycles. The van der Waals surface area contributed by atoms with E-state index in [1.54, 1.807) is 13.2 Å². The van der Waals surface area contributed by atoms with Crippen molar-refractivity contribution in [2.24, 2.45) is 0 Å². The summed E-state index contributed by atoms with van der Waals surface area (Å²) in [6.45, 7) is 3.38. The van der Waals surface area contributed by atoms with E-state index in [9.17, 15) is 10.2 Å². The number of benzene rings is 1. The average Bonchev–Trinajstić information content (AvgIpc) is 2.58. The molecular formula is C20H32O4. The van der Waals surface area contributed by atoms with Gasteiger partial charge in [-0.1, -0.05) is 37.6 Å². The maximum absolute atomic E-state index is 9.77. The van der Waals surface area contributed by atoms with Crippen LogP contribution in [0.4, 0.5) is 0 Å². The second kappa shape index (κ2) is 13.0. The van der Waals surface area contributed by atoms with Gasteiger partial charge in [0.1, 0.15) is 5.75 Å². The van der Waals surface area contributed by atoms with Crippen molar-refractivity contribution in [1.29, 1.82) is 0 Å². The number of ether oxygens (including phenoxy) is 2. The predicted molar refractivity (Wildman–Crippen MR) is 97.2 cm³/mol. The smallest absolute Gasteiger partial charge is 0.118 e. The molecule has 1 aromatic rings. The molecule has 136 valence electrons. The van der Waals surface area contributed by atoms with Crippen molar-refractivity contribution in [2.45, 2.75) is 64.3 Å². The summed E-state index contributed by atoms with van der Waals surface area (Å²) in [6.07, 6.45) is 7.90.